The molecule has 2 nitrogen and oxygen atoms in total. The number of amidine groups is 1. The fourth-order valence-corrected chi connectivity index (χ4v) is 0.923. The lowest BCUT2D eigenvalue weighted by Crippen LogP contribution is -2.11. The van der Waals surface area contributed by atoms with Crippen LogP contribution in [0.1, 0.15) is 5.56 Å². The summed E-state index contributed by atoms with van der Waals surface area (Å²) in [7, 11) is 0. The van der Waals surface area contributed by atoms with Gasteiger partial charge in [0.15, 0.2) is 0 Å². The second kappa shape index (κ2) is 4.28. The van der Waals surface area contributed by atoms with Gasteiger partial charge in [-0.25, -0.2) is 4.39 Å². The Morgan fingerprint density at radius 1 is 1.50 bits per heavy atom. The largest absolute Gasteiger partial charge is 0.384 e. The SMILES string of the molecule is Cl.N=C(N)c1cc(F)ccc1Cl. The zero-order valence-electron chi connectivity index (χ0n) is 5.97. The number of nitrogen functional groups attached to an aromatic ring is 1. The summed E-state index contributed by atoms with van der Waals surface area (Å²) >= 11 is 5.60. The molecule has 0 spiro atoms. The molecule has 0 saturated carbocycles. The molecule has 0 atom stereocenters. The summed E-state index contributed by atoms with van der Waals surface area (Å²) in [6.45, 7) is 0. The lowest BCUT2D eigenvalue weighted by molar-refractivity contribution is 0.627. The van der Waals surface area contributed by atoms with Crippen LogP contribution in [0.4, 0.5) is 4.39 Å². The van der Waals surface area contributed by atoms with Crippen LogP contribution in [0, 0.1) is 11.2 Å². The summed E-state index contributed by atoms with van der Waals surface area (Å²) in [6, 6.07) is 3.72. The molecule has 0 bridgehead atoms. The Morgan fingerprint density at radius 3 is 2.50 bits per heavy atom. The Morgan fingerprint density at radius 2 is 2.08 bits per heavy atom. The first-order valence-electron chi connectivity index (χ1n) is 2.90. The van der Waals surface area contributed by atoms with Crippen LogP contribution in [0.3, 0.4) is 0 Å². The highest BCUT2D eigenvalue weighted by atomic mass is 35.5. The molecule has 3 N–H and O–H groups in total. The van der Waals surface area contributed by atoms with Gasteiger partial charge in [0.25, 0.3) is 0 Å². The first kappa shape index (κ1) is 11.2. The van der Waals surface area contributed by atoms with E-state index in [1.165, 1.54) is 12.1 Å². The molecule has 0 aliphatic carbocycles. The molecule has 5 heteroatoms. The molecule has 1 aromatic carbocycles. The van der Waals surface area contributed by atoms with Gasteiger partial charge in [-0.05, 0) is 18.2 Å². The lowest BCUT2D eigenvalue weighted by atomic mass is 10.2. The van der Waals surface area contributed by atoms with Gasteiger partial charge < -0.3 is 5.73 Å². The predicted octanol–water partition coefficient (Wildman–Crippen LogP) is 2.18. The van der Waals surface area contributed by atoms with Crippen molar-refractivity contribution in [3.8, 4) is 0 Å². The molecule has 0 aliphatic heterocycles. The fourth-order valence-electron chi connectivity index (χ4n) is 0.704. The summed E-state index contributed by atoms with van der Waals surface area (Å²) in [5, 5.41) is 7.29. The minimum atomic E-state index is -0.445. The number of nitrogens with one attached hydrogen (secondary N) is 1. The molecule has 0 radical (unpaired) electrons. The molecule has 0 saturated heterocycles. The minimum absolute atomic E-state index is 0. The fraction of sp³-hybridized carbons (Fsp3) is 0. The Labute approximate surface area is 80.4 Å². The van der Waals surface area contributed by atoms with E-state index in [1.54, 1.807) is 0 Å². The number of rotatable bonds is 1. The Hall–Kier alpha value is -0.800. The van der Waals surface area contributed by atoms with Gasteiger partial charge in [-0.1, -0.05) is 11.6 Å². The molecule has 0 heterocycles. The van der Waals surface area contributed by atoms with Crippen molar-refractivity contribution in [3.63, 3.8) is 0 Å². The van der Waals surface area contributed by atoms with E-state index in [0.29, 0.717) is 5.02 Å². The number of hydrogen-bond donors (Lipinski definition) is 2. The van der Waals surface area contributed by atoms with E-state index in [-0.39, 0.29) is 23.8 Å². The van der Waals surface area contributed by atoms with E-state index in [9.17, 15) is 4.39 Å². The highest BCUT2D eigenvalue weighted by Gasteiger charge is 2.03. The number of hydrogen-bond acceptors (Lipinski definition) is 1. The first-order chi connectivity index (χ1) is 5.11. The van der Waals surface area contributed by atoms with Gasteiger partial charge in [0.1, 0.15) is 11.7 Å². The van der Waals surface area contributed by atoms with E-state index in [0.717, 1.165) is 6.07 Å². The van der Waals surface area contributed by atoms with Crippen molar-refractivity contribution in [2.24, 2.45) is 5.73 Å². The lowest BCUT2D eigenvalue weighted by Gasteiger charge is -1.99. The summed E-state index contributed by atoms with van der Waals surface area (Å²) in [6.07, 6.45) is 0. The Bertz CT molecular complexity index is 301. The van der Waals surface area contributed by atoms with Gasteiger partial charge in [0.05, 0.1) is 5.02 Å². The third-order valence-corrected chi connectivity index (χ3v) is 1.55. The molecule has 0 unspecified atom stereocenters. The molecule has 1 aromatic rings. The van der Waals surface area contributed by atoms with Crippen molar-refractivity contribution < 1.29 is 4.39 Å². The third kappa shape index (κ3) is 2.36. The Balaban J connectivity index is 0.00000121. The maximum Gasteiger partial charge on any atom is 0.124 e. The molecule has 66 valence electrons. The van der Waals surface area contributed by atoms with Crippen LogP contribution in [0.15, 0.2) is 18.2 Å². The number of nitrogens with two attached hydrogens (primary N) is 1. The average Bonchev–Trinajstić information content (AvgIpc) is 1.94. The quantitative estimate of drug-likeness (QED) is 0.540. The summed E-state index contributed by atoms with van der Waals surface area (Å²) < 4.78 is 12.5. The van der Waals surface area contributed by atoms with E-state index in [1.807, 2.05) is 0 Å². The van der Waals surface area contributed by atoms with Crippen LogP contribution < -0.4 is 5.73 Å². The van der Waals surface area contributed by atoms with Gasteiger partial charge in [0.2, 0.25) is 0 Å². The van der Waals surface area contributed by atoms with Crippen molar-refractivity contribution in [3.05, 3.63) is 34.6 Å². The highest BCUT2D eigenvalue weighted by Crippen LogP contribution is 2.15. The van der Waals surface area contributed by atoms with Gasteiger partial charge in [-0.2, -0.15) is 0 Å². The topological polar surface area (TPSA) is 49.9 Å². The maximum atomic E-state index is 12.5. The minimum Gasteiger partial charge on any atom is -0.384 e. The van der Waals surface area contributed by atoms with Crippen LogP contribution >= 0.6 is 24.0 Å². The molecular weight excluding hydrogens is 202 g/mol. The van der Waals surface area contributed by atoms with Crippen molar-refractivity contribution in [2.75, 3.05) is 0 Å². The first-order valence-corrected chi connectivity index (χ1v) is 3.28. The van der Waals surface area contributed by atoms with Crippen molar-refractivity contribution >= 4 is 29.8 Å². The van der Waals surface area contributed by atoms with Crippen LogP contribution in [-0.4, -0.2) is 5.84 Å². The maximum absolute atomic E-state index is 12.5. The van der Waals surface area contributed by atoms with Crippen LogP contribution in [-0.2, 0) is 0 Å². The average molecular weight is 209 g/mol. The predicted molar refractivity (Wildman–Crippen MR) is 49.7 cm³/mol. The van der Waals surface area contributed by atoms with E-state index in [2.05, 4.69) is 0 Å². The van der Waals surface area contributed by atoms with E-state index < -0.39 is 5.82 Å². The van der Waals surface area contributed by atoms with Crippen LogP contribution in [0.2, 0.25) is 5.02 Å². The second-order valence-electron chi connectivity index (χ2n) is 2.04. The van der Waals surface area contributed by atoms with Crippen LogP contribution in [0.25, 0.3) is 0 Å². The standard InChI is InChI=1S/C7H6ClFN2.ClH/c8-6-2-1-4(9)3-5(6)7(10)11;/h1-3H,(H3,10,11);1H. The Kier molecular flexibility index (Phi) is 4.00. The number of benzene rings is 1. The van der Waals surface area contributed by atoms with Gasteiger partial charge in [0, 0.05) is 5.56 Å². The zero-order valence-corrected chi connectivity index (χ0v) is 7.55. The second-order valence-corrected chi connectivity index (χ2v) is 2.45. The number of halogens is 3. The highest BCUT2D eigenvalue weighted by molar-refractivity contribution is 6.33. The summed E-state index contributed by atoms with van der Waals surface area (Å²) in [5.74, 6) is -0.672. The van der Waals surface area contributed by atoms with Gasteiger partial charge in [-0.15, -0.1) is 12.4 Å². The van der Waals surface area contributed by atoms with E-state index in [4.69, 9.17) is 22.7 Å². The van der Waals surface area contributed by atoms with E-state index >= 15 is 0 Å². The third-order valence-electron chi connectivity index (χ3n) is 1.22. The van der Waals surface area contributed by atoms with Gasteiger partial charge in [-0.3, -0.25) is 5.41 Å². The summed E-state index contributed by atoms with van der Waals surface area (Å²) in [4.78, 5) is 0. The monoisotopic (exact) mass is 208 g/mol. The molecule has 0 aliphatic rings. The molecule has 0 aromatic heterocycles. The molecule has 0 fully saturated rings. The normalized spacial score (nSPS) is 8.83. The molecular formula is C7H7Cl2FN2. The molecule has 0 amide bonds. The van der Waals surface area contributed by atoms with Crippen molar-refractivity contribution in [2.45, 2.75) is 0 Å². The van der Waals surface area contributed by atoms with Crippen LogP contribution in [0.5, 0.6) is 0 Å². The van der Waals surface area contributed by atoms with Crippen molar-refractivity contribution in [1.82, 2.24) is 0 Å². The van der Waals surface area contributed by atoms with Gasteiger partial charge >= 0.3 is 0 Å². The smallest absolute Gasteiger partial charge is 0.124 e. The zero-order chi connectivity index (χ0) is 8.43. The summed E-state index contributed by atoms with van der Waals surface area (Å²) in [5.41, 5.74) is 5.34. The van der Waals surface area contributed by atoms with Crippen molar-refractivity contribution in [1.29, 1.82) is 5.41 Å². The molecule has 1 rings (SSSR count). The molecule has 12 heavy (non-hydrogen) atoms.